The first-order chi connectivity index (χ1) is 33.6. The number of rotatable bonds is 55. The summed E-state index contributed by atoms with van der Waals surface area (Å²) in [7, 11) is 5.98. The van der Waals surface area contributed by atoms with Crippen molar-refractivity contribution in [2.75, 3.05) is 47.5 Å². The molecular formula is C60H114NO8+. The van der Waals surface area contributed by atoms with E-state index < -0.39 is 18.4 Å². The lowest BCUT2D eigenvalue weighted by Gasteiger charge is -2.25. The zero-order valence-corrected chi connectivity index (χ0v) is 46.2. The Bertz CT molecular complexity index is 1180. The van der Waals surface area contributed by atoms with Gasteiger partial charge < -0.3 is 28.5 Å². The van der Waals surface area contributed by atoms with Crippen molar-refractivity contribution in [3.8, 4) is 0 Å². The molecule has 0 amide bonds. The van der Waals surface area contributed by atoms with E-state index in [-0.39, 0.29) is 38.2 Å². The second-order valence-corrected chi connectivity index (χ2v) is 21.3. The van der Waals surface area contributed by atoms with Crippen LogP contribution in [0.3, 0.4) is 0 Å². The van der Waals surface area contributed by atoms with Gasteiger partial charge in [-0.3, -0.25) is 9.59 Å². The van der Waals surface area contributed by atoms with Crippen LogP contribution in [0.1, 0.15) is 284 Å². The van der Waals surface area contributed by atoms with Crippen molar-refractivity contribution in [2.24, 2.45) is 0 Å². The van der Waals surface area contributed by atoms with Crippen LogP contribution in [-0.4, -0.2) is 87.4 Å². The van der Waals surface area contributed by atoms with Crippen LogP contribution in [0.5, 0.6) is 0 Å². The van der Waals surface area contributed by atoms with Crippen molar-refractivity contribution in [1.29, 1.82) is 0 Å². The smallest absolute Gasteiger partial charge is 0.361 e. The second kappa shape index (κ2) is 52.1. The van der Waals surface area contributed by atoms with E-state index in [1.165, 1.54) is 212 Å². The quantitative estimate of drug-likeness (QED) is 0.0211. The van der Waals surface area contributed by atoms with Gasteiger partial charge in [-0.2, -0.15) is 0 Å². The minimum absolute atomic E-state index is 0.176. The largest absolute Gasteiger partial charge is 0.477 e. The van der Waals surface area contributed by atoms with Crippen LogP contribution in [0.15, 0.2) is 24.3 Å². The van der Waals surface area contributed by atoms with E-state index in [0.29, 0.717) is 17.4 Å². The van der Waals surface area contributed by atoms with Crippen molar-refractivity contribution in [3.63, 3.8) is 0 Å². The van der Waals surface area contributed by atoms with E-state index in [9.17, 15) is 19.5 Å². The first-order valence-corrected chi connectivity index (χ1v) is 29.5. The summed E-state index contributed by atoms with van der Waals surface area (Å²) in [6, 6.07) is 0. The molecule has 69 heavy (non-hydrogen) atoms. The maximum atomic E-state index is 12.9. The van der Waals surface area contributed by atoms with Crippen LogP contribution in [0.2, 0.25) is 0 Å². The third kappa shape index (κ3) is 53.4. The predicted molar refractivity (Wildman–Crippen MR) is 291 cm³/mol. The first kappa shape index (κ1) is 66.8. The van der Waals surface area contributed by atoms with Gasteiger partial charge in [-0.05, 0) is 44.9 Å². The minimum Gasteiger partial charge on any atom is -0.477 e. The Labute approximate surface area is 427 Å². The molecule has 0 saturated carbocycles. The summed E-state index contributed by atoms with van der Waals surface area (Å²) in [5, 5.41) is 9.70. The number of ether oxygens (including phenoxy) is 4. The lowest BCUT2D eigenvalue weighted by molar-refractivity contribution is -0.870. The molecule has 0 aliphatic rings. The molecular weight excluding hydrogens is 863 g/mol. The van der Waals surface area contributed by atoms with Gasteiger partial charge in [-0.1, -0.05) is 250 Å². The molecule has 0 aromatic heterocycles. The summed E-state index contributed by atoms with van der Waals surface area (Å²) in [6.45, 7) is 4.92. The molecule has 0 aliphatic carbocycles. The average Bonchev–Trinajstić information content (AvgIpc) is 3.31. The highest BCUT2D eigenvalue weighted by Crippen LogP contribution is 2.17. The lowest BCUT2D eigenvalue weighted by atomic mass is 10.0. The van der Waals surface area contributed by atoms with Crippen LogP contribution >= 0.6 is 0 Å². The standard InChI is InChI=1S/C60H113NO8/c1-6-8-10-12-14-16-18-20-22-24-26-27-28-29-30-31-33-35-37-39-41-43-45-47-49-51-58(63)69-56(55-68-60(59(64)65)66-53-52-61(3,4)5)54-67-57(62)50-48-46-44-42-40-38-36-34-32-25-23-21-19-17-15-13-11-9-7-2/h18,20,24,26,56,60H,6-17,19,21-23,25,27-55H2,1-5H3/p+1/b20-18-,26-24-. The number of aliphatic carboxylic acids is 1. The Hall–Kier alpha value is -2.23. The predicted octanol–water partition coefficient (Wildman–Crippen LogP) is 17.1. The number of hydrogen-bond donors (Lipinski definition) is 1. The zero-order chi connectivity index (χ0) is 50.6. The van der Waals surface area contributed by atoms with Gasteiger partial charge in [0.25, 0.3) is 6.29 Å². The first-order valence-electron chi connectivity index (χ1n) is 29.5. The summed E-state index contributed by atoms with van der Waals surface area (Å²) >= 11 is 0. The molecule has 0 spiro atoms. The van der Waals surface area contributed by atoms with Crippen molar-refractivity contribution in [3.05, 3.63) is 24.3 Å². The van der Waals surface area contributed by atoms with Gasteiger partial charge in [0.1, 0.15) is 13.2 Å². The van der Waals surface area contributed by atoms with Gasteiger partial charge in [-0.25, -0.2) is 4.79 Å². The molecule has 406 valence electrons. The average molecular weight is 978 g/mol. The van der Waals surface area contributed by atoms with Crippen molar-refractivity contribution in [2.45, 2.75) is 296 Å². The molecule has 0 aliphatic heterocycles. The van der Waals surface area contributed by atoms with E-state index in [1.807, 2.05) is 21.1 Å². The molecule has 9 heteroatoms. The zero-order valence-electron chi connectivity index (χ0n) is 46.2. The Kier molecular flexibility index (Phi) is 50.4. The number of quaternary nitrogens is 1. The fraction of sp³-hybridized carbons (Fsp3) is 0.883. The van der Waals surface area contributed by atoms with E-state index in [4.69, 9.17) is 18.9 Å². The summed E-state index contributed by atoms with van der Waals surface area (Å²) in [5.74, 6) is -1.98. The van der Waals surface area contributed by atoms with Crippen LogP contribution in [-0.2, 0) is 33.3 Å². The SMILES string of the molecule is CCCCCCC/C=C\C/C=C\CCCCCCCCCCCCCCCC(=O)OC(COC(=O)CCCCCCCCCCCCCCCCCCCCC)COC(OCC[N+](C)(C)C)C(=O)O. The van der Waals surface area contributed by atoms with Crippen molar-refractivity contribution in [1.82, 2.24) is 0 Å². The molecule has 0 heterocycles. The highest BCUT2D eigenvalue weighted by molar-refractivity contribution is 5.71. The molecule has 0 saturated heterocycles. The van der Waals surface area contributed by atoms with Gasteiger partial charge in [0.05, 0.1) is 34.4 Å². The molecule has 0 rings (SSSR count). The minimum atomic E-state index is -1.51. The second-order valence-electron chi connectivity index (χ2n) is 21.3. The maximum absolute atomic E-state index is 12.9. The molecule has 0 radical (unpaired) electrons. The van der Waals surface area contributed by atoms with Crippen molar-refractivity contribution < 1.29 is 42.9 Å². The number of hydrogen-bond acceptors (Lipinski definition) is 7. The summed E-state index contributed by atoms with van der Waals surface area (Å²) in [6.07, 6.45) is 58.2. The summed E-state index contributed by atoms with van der Waals surface area (Å²) < 4.78 is 22.9. The molecule has 0 aromatic carbocycles. The summed E-state index contributed by atoms with van der Waals surface area (Å²) in [4.78, 5) is 37.4. The highest BCUT2D eigenvalue weighted by Gasteiger charge is 2.25. The third-order valence-electron chi connectivity index (χ3n) is 13.2. The number of carbonyl (C=O) groups is 3. The number of allylic oxidation sites excluding steroid dienone is 4. The molecule has 2 atom stereocenters. The Balaban J connectivity index is 4.20. The van der Waals surface area contributed by atoms with E-state index in [1.54, 1.807) is 0 Å². The number of carboxylic acids is 1. The fourth-order valence-corrected chi connectivity index (χ4v) is 8.63. The van der Waals surface area contributed by atoms with Crippen LogP contribution in [0, 0.1) is 0 Å². The molecule has 2 unspecified atom stereocenters. The van der Waals surface area contributed by atoms with Crippen LogP contribution < -0.4 is 0 Å². The maximum Gasteiger partial charge on any atom is 0.361 e. The molecule has 0 aromatic rings. The number of carboxylic acid groups (broad SMARTS) is 1. The van der Waals surface area contributed by atoms with Crippen LogP contribution in [0.4, 0.5) is 0 Å². The van der Waals surface area contributed by atoms with E-state index >= 15 is 0 Å². The topological polar surface area (TPSA) is 108 Å². The third-order valence-corrected chi connectivity index (χ3v) is 13.2. The van der Waals surface area contributed by atoms with Gasteiger partial charge >= 0.3 is 17.9 Å². The van der Waals surface area contributed by atoms with Crippen molar-refractivity contribution >= 4 is 17.9 Å². The lowest BCUT2D eigenvalue weighted by Crippen LogP contribution is -2.40. The highest BCUT2D eigenvalue weighted by atomic mass is 16.7. The van der Waals surface area contributed by atoms with E-state index in [2.05, 4.69) is 38.2 Å². The Morgan fingerprint density at radius 1 is 0.435 bits per heavy atom. The monoisotopic (exact) mass is 977 g/mol. The van der Waals surface area contributed by atoms with Gasteiger partial charge in [-0.15, -0.1) is 0 Å². The number of unbranched alkanes of at least 4 members (excludes halogenated alkanes) is 36. The molecule has 9 nitrogen and oxygen atoms in total. The normalized spacial score (nSPS) is 12.9. The van der Waals surface area contributed by atoms with Gasteiger partial charge in [0.15, 0.2) is 6.10 Å². The Morgan fingerprint density at radius 2 is 0.783 bits per heavy atom. The number of esters is 2. The van der Waals surface area contributed by atoms with Gasteiger partial charge in [0, 0.05) is 12.8 Å². The summed E-state index contributed by atoms with van der Waals surface area (Å²) in [5.41, 5.74) is 0. The molecule has 1 N–H and O–H groups in total. The molecule has 0 fully saturated rings. The number of carbonyl (C=O) groups excluding carboxylic acids is 2. The molecule has 0 bridgehead atoms. The van der Waals surface area contributed by atoms with E-state index in [0.717, 1.165) is 44.9 Å². The fourth-order valence-electron chi connectivity index (χ4n) is 8.63. The van der Waals surface area contributed by atoms with Crippen LogP contribution in [0.25, 0.3) is 0 Å². The van der Waals surface area contributed by atoms with Gasteiger partial charge in [0.2, 0.25) is 0 Å². The number of nitrogens with zero attached hydrogens (tertiary/aromatic N) is 1. The Morgan fingerprint density at radius 3 is 1.14 bits per heavy atom. The number of likely N-dealkylation sites (N-methyl/N-ethyl adjacent to an activating group) is 1.